The Bertz CT molecular complexity index is 1080. The van der Waals surface area contributed by atoms with Crippen LogP contribution in [0.3, 0.4) is 0 Å². The van der Waals surface area contributed by atoms with E-state index in [1.54, 1.807) is 0 Å². The number of para-hydroxylation sites is 3. The van der Waals surface area contributed by atoms with E-state index in [4.69, 9.17) is 9.72 Å². The van der Waals surface area contributed by atoms with Gasteiger partial charge in [0.25, 0.3) is 0 Å². The van der Waals surface area contributed by atoms with E-state index >= 15 is 0 Å². The number of aromatic nitrogens is 2. The van der Waals surface area contributed by atoms with Gasteiger partial charge in [0.1, 0.15) is 11.6 Å². The van der Waals surface area contributed by atoms with Gasteiger partial charge in [0.15, 0.2) is 0 Å². The molecule has 0 aliphatic carbocycles. The van der Waals surface area contributed by atoms with Gasteiger partial charge in [0, 0.05) is 13.0 Å². The number of ether oxygens (including phenoxy) is 1. The predicted octanol–water partition coefficient (Wildman–Crippen LogP) is 6.30. The van der Waals surface area contributed by atoms with Crippen LogP contribution in [0, 0.1) is 13.8 Å². The summed E-state index contributed by atoms with van der Waals surface area (Å²) >= 11 is 0. The van der Waals surface area contributed by atoms with E-state index in [1.165, 1.54) is 28.0 Å². The average Bonchev–Trinajstić information content (AvgIpc) is 3.12. The smallest absolute Gasteiger partial charge is 0.125 e. The zero-order chi connectivity index (χ0) is 20.8. The lowest BCUT2D eigenvalue weighted by Crippen LogP contribution is -2.07. The van der Waals surface area contributed by atoms with Gasteiger partial charge in [-0.15, -0.1) is 0 Å². The van der Waals surface area contributed by atoms with E-state index in [0.717, 1.165) is 50.1 Å². The minimum Gasteiger partial charge on any atom is -0.493 e. The highest BCUT2D eigenvalue weighted by Crippen LogP contribution is 2.23. The molecular formula is C27H30N2O. The molecule has 3 heteroatoms. The van der Waals surface area contributed by atoms with Crippen LogP contribution in [0.25, 0.3) is 11.0 Å². The number of hydrogen-bond acceptors (Lipinski definition) is 2. The van der Waals surface area contributed by atoms with E-state index in [1.807, 2.05) is 0 Å². The molecule has 0 unspecified atom stereocenters. The van der Waals surface area contributed by atoms with Crippen LogP contribution >= 0.6 is 0 Å². The molecule has 1 heterocycles. The van der Waals surface area contributed by atoms with Crippen molar-refractivity contribution in [2.75, 3.05) is 6.61 Å². The average molecular weight is 399 g/mol. The maximum Gasteiger partial charge on any atom is 0.125 e. The second kappa shape index (κ2) is 9.62. The van der Waals surface area contributed by atoms with Crippen LogP contribution in [-0.4, -0.2) is 16.2 Å². The van der Waals surface area contributed by atoms with E-state index in [0.29, 0.717) is 0 Å². The standard InChI is InChI=1S/C27H30N2O/c1-21-11-10-12-22(2)27(21)30-20-9-8-19-29-25-16-7-6-15-24(25)28-26(29)18-17-23-13-4-3-5-14-23/h3-7,10-16H,8-9,17-20H2,1-2H3. The van der Waals surface area contributed by atoms with Crippen molar-refractivity contribution >= 4 is 11.0 Å². The number of aryl methyl sites for hydroxylation is 5. The second-order valence-corrected chi connectivity index (χ2v) is 7.93. The van der Waals surface area contributed by atoms with Crippen molar-refractivity contribution in [3.05, 3.63) is 95.3 Å². The molecule has 0 bridgehead atoms. The number of nitrogens with zero attached hydrogens (tertiary/aromatic N) is 2. The molecule has 0 spiro atoms. The fourth-order valence-corrected chi connectivity index (χ4v) is 4.04. The van der Waals surface area contributed by atoms with Crippen LogP contribution in [0.2, 0.25) is 0 Å². The first-order chi connectivity index (χ1) is 14.7. The fourth-order valence-electron chi connectivity index (χ4n) is 4.04. The van der Waals surface area contributed by atoms with Gasteiger partial charge >= 0.3 is 0 Å². The Kier molecular flexibility index (Phi) is 6.48. The maximum atomic E-state index is 6.09. The Morgan fingerprint density at radius 1 is 0.767 bits per heavy atom. The van der Waals surface area contributed by atoms with Gasteiger partial charge in [-0.2, -0.15) is 0 Å². The molecule has 0 saturated carbocycles. The fraction of sp³-hybridized carbons (Fsp3) is 0.296. The van der Waals surface area contributed by atoms with Crippen LogP contribution < -0.4 is 4.74 Å². The number of benzene rings is 3. The number of imidazole rings is 1. The van der Waals surface area contributed by atoms with Crippen molar-refractivity contribution in [2.45, 2.75) is 46.1 Å². The van der Waals surface area contributed by atoms with Gasteiger partial charge in [-0.1, -0.05) is 60.7 Å². The highest BCUT2D eigenvalue weighted by atomic mass is 16.5. The van der Waals surface area contributed by atoms with Gasteiger partial charge in [0.2, 0.25) is 0 Å². The van der Waals surface area contributed by atoms with Crippen LogP contribution in [0.5, 0.6) is 5.75 Å². The summed E-state index contributed by atoms with van der Waals surface area (Å²) in [7, 11) is 0. The topological polar surface area (TPSA) is 27.1 Å². The molecule has 0 N–H and O–H groups in total. The van der Waals surface area contributed by atoms with Gasteiger partial charge in [-0.05, 0) is 61.9 Å². The Labute approximate surface area is 179 Å². The minimum absolute atomic E-state index is 0.748. The predicted molar refractivity (Wildman–Crippen MR) is 124 cm³/mol. The highest BCUT2D eigenvalue weighted by Gasteiger charge is 2.10. The number of unbranched alkanes of at least 4 members (excludes halogenated alkanes) is 1. The van der Waals surface area contributed by atoms with Crippen LogP contribution in [0.15, 0.2) is 72.8 Å². The third kappa shape index (κ3) is 4.73. The van der Waals surface area contributed by atoms with Gasteiger partial charge in [0.05, 0.1) is 17.6 Å². The molecule has 4 aromatic rings. The molecule has 0 radical (unpaired) electrons. The summed E-state index contributed by atoms with van der Waals surface area (Å²) in [5, 5.41) is 0. The number of rotatable bonds is 9. The quantitative estimate of drug-likeness (QED) is 0.309. The molecule has 4 rings (SSSR count). The molecule has 3 aromatic carbocycles. The Balaban J connectivity index is 1.39. The lowest BCUT2D eigenvalue weighted by atomic mass is 10.1. The molecule has 0 atom stereocenters. The molecule has 30 heavy (non-hydrogen) atoms. The molecule has 0 fully saturated rings. The van der Waals surface area contributed by atoms with Gasteiger partial charge < -0.3 is 9.30 Å². The van der Waals surface area contributed by atoms with E-state index < -0.39 is 0 Å². The largest absolute Gasteiger partial charge is 0.493 e. The zero-order valence-corrected chi connectivity index (χ0v) is 18.0. The SMILES string of the molecule is Cc1cccc(C)c1OCCCCn1c(CCc2ccccc2)nc2ccccc21. The molecule has 3 nitrogen and oxygen atoms in total. The van der Waals surface area contributed by atoms with Crippen molar-refractivity contribution in [1.29, 1.82) is 0 Å². The summed E-state index contributed by atoms with van der Waals surface area (Å²) in [5.74, 6) is 2.21. The van der Waals surface area contributed by atoms with Crippen LogP contribution in [0.4, 0.5) is 0 Å². The number of hydrogen-bond donors (Lipinski definition) is 0. The molecule has 0 saturated heterocycles. The molecular weight excluding hydrogens is 368 g/mol. The molecule has 0 amide bonds. The van der Waals surface area contributed by atoms with Gasteiger partial charge in [-0.3, -0.25) is 0 Å². The minimum atomic E-state index is 0.748. The summed E-state index contributed by atoms with van der Waals surface area (Å²) in [6, 6.07) is 25.4. The summed E-state index contributed by atoms with van der Waals surface area (Å²) in [5.41, 5.74) is 6.10. The lowest BCUT2D eigenvalue weighted by molar-refractivity contribution is 0.299. The van der Waals surface area contributed by atoms with Gasteiger partial charge in [-0.25, -0.2) is 4.98 Å². The Morgan fingerprint density at radius 3 is 2.30 bits per heavy atom. The zero-order valence-electron chi connectivity index (χ0n) is 18.0. The first-order valence-electron chi connectivity index (χ1n) is 10.9. The summed E-state index contributed by atoms with van der Waals surface area (Å²) in [4.78, 5) is 4.93. The third-order valence-electron chi connectivity index (χ3n) is 5.64. The Morgan fingerprint density at radius 2 is 1.50 bits per heavy atom. The second-order valence-electron chi connectivity index (χ2n) is 7.93. The Hall–Kier alpha value is -3.07. The first kappa shape index (κ1) is 20.2. The summed E-state index contributed by atoms with van der Waals surface area (Å²) in [6.07, 6.45) is 4.07. The molecule has 0 aliphatic heterocycles. The van der Waals surface area contributed by atoms with Crippen molar-refractivity contribution in [1.82, 2.24) is 9.55 Å². The van der Waals surface area contributed by atoms with Crippen LogP contribution in [0.1, 0.15) is 35.4 Å². The van der Waals surface area contributed by atoms with Crippen LogP contribution in [-0.2, 0) is 19.4 Å². The monoisotopic (exact) mass is 398 g/mol. The normalized spacial score (nSPS) is 11.1. The van der Waals surface area contributed by atoms with Crippen molar-refractivity contribution in [3.63, 3.8) is 0 Å². The lowest BCUT2D eigenvalue weighted by Gasteiger charge is -2.13. The summed E-state index contributed by atoms with van der Waals surface area (Å²) < 4.78 is 8.49. The van der Waals surface area contributed by atoms with E-state index in [9.17, 15) is 0 Å². The number of fused-ring (bicyclic) bond motifs is 1. The highest BCUT2D eigenvalue weighted by molar-refractivity contribution is 5.75. The van der Waals surface area contributed by atoms with Crippen molar-refractivity contribution in [3.8, 4) is 5.75 Å². The first-order valence-corrected chi connectivity index (χ1v) is 10.9. The molecule has 0 aliphatic rings. The van der Waals surface area contributed by atoms with Crippen molar-refractivity contribution < 1.29 is 4.74 Å². The van der Waals surface area contributed by atoms with Crippen molar-refractivity contribution in [2.24, 2.45) is 0 Å². The summed E-state index contributed by atoms with van der Waals surface area (Å²) in [6.45, 7) is 5.94. The maximum absolute atomic E-state index is 6.09. The third-order valence-corrected chi connectivity index (χ3v) is 5.64. The van der Waals surface area contributed by atoms with E-state index in [2.05, 4.69) is 91.2 Å². The van der Waals surface area contributed by atoms with E-state index in [-0.39, 0.29) is 0 Å². The molecule has 1 aromatic heterocycles. The molecule has 154 valence electrons.